The maximum Gasteiger partial charge on any atom is 0.306 e. The molecular weight excluding hydrogens is 316 g/mol. The molecular formula is C16H24N2O4S. The van der Waals surface area contributed by atoms with E-state index in [9.17, 15) is 13.2 Å². The molecule has 0 aromatic carbocycles. The van der Waals surface area contributed by atoms with Crippen LogP contribution in [0.15, 0.2) is 23.4 Å². The number of hydrogen-bond acceptors (Lipinski definition) is 5. The van der Waals surface area contributed by atoms with Crippen LogP contribution in [0, 0.1) is 5.92 Å². The number of carbonyl (C=O) groups is 1. The van der Waals surface area contributed by atoms with Crippen molar-refractivity contribution in [2.24, 2.45) is 5.92 Å². The Morgan fingerprint density at radius 2 is 1.83 bits per heavy atom. The zero-order valence-corrected chi connectivity index (χ0v) is 14.6. The molecule has 0 atom stereocenters. The van der Waals surface area contributed by atoms with Gasteiger partial charge >= 0.3 is 5.97 Å². The highest BCUT2D eigenvalue weighted by Crippen LogP contribution is 2.28. The molecule has 1 fully saturated rings. The van der Waals surface area contributed by atoms with Gasteiger partial charge in [-0.1, -0.05) is 0 Å². The summed E-state index contributed by atoms with van der Waals surface area (Å²) in [7, 11) is -3.45. The first-order valence-electron chi connectivity index (χ1n) is 7.81. The summed E-state index contributed by atoms with van der Waals surface area (Å²) in [4.78, 5) is 15.0. The molecule has 0 amide bonds. The van der Waals surface area contributed by atoms with E-state index in [-0.39, 0.29) is 17.0 Å². The first-order chi connectivity index (χ1) is 10.6. The van der Waals surface area contributed by atoms with Crippen molar-refractivity contribution >= 4 is 21.5 Å². The highest BCUT2D eigenvalue weighted by Gasteiger charge is 2.32. The number of rotatable bonds is 4. The minimum atomic E-state index is -3.45. The molecule has 0 aliphatic heterocycles. The predicted molar refractivity (Wildman–Crippen MR) is 88.2 cm³/mol. The number of anilines is 1. The summed E-state index contributed by atoms with van der Waals surface area (Å²) in [6, 6.07) is 3.44. The third-order valence-electron chi connectivity index (χ3n) is 4.27. The summed E-state index contributed by atoms with van der Waals surface area (Å²) in [6.07, 6.45) is 4.44. The van der Waals surface area contributed by atoms with Crippen molar-refractivity contribution in [2.45, 2.75) is 62.3 Å². The van der Waals surface area contributed by atoms with E-state index in [4.69, 9.17) is 5.11 Å². The van der Waals surface area contributed by atoms with Gasteiger partial charge in [0.05, 0.1) is 22.5 Å². The largest absolute Gasteiger partial charge is 0.481 e. The molecule has 0 spiro atoms. The zero-order chi connectivity index (χ0) is 17.3. The van der Waals surface area contributed by atoms with E-state index in [0.717, 1.165) is 18.5 Å². The molecule has 1 aromatic heterocycles. The number of carboxylic acid groups (broad SMARTS) is 1. The van der Waals surface area contributed by atoms with Crippen molar-refractivity contribution in [1.82, 2.24) is 4.98 Å². The van der Waals surface area contributed by atoms with Crippen molar-refractivity contribution in [1.29, 1.82) is 0 Å². The monoisotopic (exact) mass is 340 g/mol. The smallest absolute Gasteiger partial charge is 0.306 e. The van der Waals surface area contributed by atoms with Crippen molar-refractivity contribution in [2.75, 3.05) is 5.32 Å². The summed E-state index contributed by atoms with van der Waals surface area (Å²) in [5.41, 5.74) is 0.761. The van der Waals surface area contributed by atoms with E-state index in [1.165, 1.54) is 12.3 Å². The summed E-state index contributed by atoms with van der Waals surface area (Å²) in [5.74, 6) is -0.965. The average Bonchev–Trinajstić information content (AvgIpc) is 2.47. The Kier molecular flexibility index (Phi) is 4.98. The lowest BCUT2D eigenvalue weighted by Gasteiger charge is -2.27. The van der Waals surface area contributed by atoms with Gasteiger partial charge in [0, 0.05) is 6.04 Å². The molecule has 2 N–H and O–H groups in total. The Morgan fingerprint density at radius 1 is 1.22 bits per heavy atom. The number of carboxylic acids is 1. The van der Waals surface area contributed by atoms with Crippen LogP contribution in [0.4, 0.5) is 5.69 Å². The second-order valence-corrected chi connectivity index (χ2v) is 9.68. The molecule has 1 saturated carbocycles. The fraction of sp³-hybridized carbons (Fsp3) is 0.625. The molecule has 1 aromatic rings. The summed E-state index contributed by atoms with van der Waals surface area (Å²) in [6.45, 7) is 4.95. The third kappa shape index (κ3) is 4.02. The fourth-order valence-corrected chi connectivity index (χ4v) is 3.72. The van der Waals surface area contributed by atoms with Crippen LogP contribution in [0.2, 0.25) is 0 Å². The fourth-order valence-electron chi connectivity index (χ4n) is 2.66. The maximum atomic E-state index is 12.3. The van der Waals surface area contributed by atoms with Gasteiger partial charge in [-0.2, -0.15) is 0 Å². The summed E-state index contributed by atoms with van der Waals surface area (Å²) >= 11 is 0. The zero-order valence-electron chi connectivity index (χ0n) is 13.7. The molecule has 1 aliphatic carbocycles. The second kappa shape index (κ2) is 6.47. The average molecular weight is 340 g/mol. The molecule has 0 unspecified atom stereocenters. The Labute approximate surface area is 137 Å². The van der Waals surface area contributed by atoms with Crippen LogP contribution in [0.25, 0.3) is 0 Å². The van der Waals surface area contributed by atoms with Gasteiger partial charge in [-0.05, 0) is 58.6 Å². The number of hydrogen-bond donors (Lipinski definition) is 2. The SMILES string of the molecule is CC(C)(C)S(=O)(=O)c1ccc(NC2CCC(C(=O)O)CC2)cn1. The molecule has 1 aliphatic rings. The van der Waals surface area contributed by atoms with Crippen molar-refractivity contribution < 1.29 is 18.3 Å². The molecule has 0 radical (unpaired) electrons. The number of aromatic nitrogens is 1. The molecule has 6 nitrogen and oxygen atoms in total. The molecule has 7 heteroatoms. The van der Waals surface area contributed by atoms with Crippen LogP contribution >= 0.6 is 0 Å². The molecule has 23 heavy (non-hydrogen) atoms. The van der Waals surface area contributed by atoms with Gasteiger partial charge < -0.3 is 10.4 Å². The van der Waals surface area contributed by atoms with Gasteiger partial charge in [-0.3, -0.25) is 4.79 Å². The Hall–Kier alpha value is -1.63. The highest BCUT2D eigenvalue weighted by atomic mass is 32.2. The van der Waals surface area contributed by atoms with E-state index >= 15 is 0 Å². The van der Waals surface area contributed by atoms with Crippen LogP contribution in [-0.4, -0.2) is 35.3 Å². The Bertz CT molecular complexity index is 654. The minimum absolute atomic E-state index is 0.0742. The predicted octanol–water partition coefficient (Wildman–Crippen LogP) is 2.71. The Morgan fingerprint density at radius 3 is 2.26 bits per heavy atom. The van der Waals surface area contributed by atoms with Crippen LogP contribution in [0.3, 0.4) is 0 Å². The van der Waals surface area contributed by atoms with Crippen LogP contribution < -0.4 is 5.32 Å². The van der Waals surface area contributed by atoms with Crippen molar-refractivity contribution in [3.8, 4) is 0 Å². The standard InChI is InChI=1S/C16H24N2O4S/c1-16(2,3)23(21,22)14-9-8-13(10-17-14)18-12-6-4-11(5-7-12)15(19)20/h8-12,18H,4-7H2,1-3H3,(H,19,20). The van der Waals surface area contributed by atoms with Gasteiger partial charge in [0.25, 0.3) is 0 Å². The van der Waals surface area contributed by atoms with Gasteiger partial charge in [0.2, 0.25) is 0 Å². The number of sulfone groups is 1. The van der Waals surface area contributed by atoms with E-state index in [2.05, 4.69) is 10.3 Å². The Balaban J connectivity index is 2.00. The topological polar surface area (TPSA) is 96.4 Å². The van der Waals surface area contributed by atoms with Crippen molar-refractivity contribution in [3.05, 3.63) is 18.3 Å². The molecule has 0 bridgehead atoms. The van der Waals surface area contributed by atoms with E-state index in [1.807, 2.05) is 0 Å². The number of pyridine rings is 1. The van der Waals surface area contributed by atoms with Crippen molar-refractivity contribution in [3.63, 3.8) is 0 Å². The van der Waals surface area contributed by atoms with E-state index in [1.54, 1.807) is 26.8 Å². The van der Waals surface area contributed by atoms with Crippen LogP contribution in [0.5, 0.6) is 0 Å². The maximum absolute atomic E-state index is 12.3. The van der Waals surface area contributed by atoms with Crippen LogP contribution in [0.1, 0.15) is 46.5 Å². The molecule has 128 valence electrons. The number of nitrogens with zero attached hydrogens (tertiary/aromatic N) is 1. The van der Waals surface area contributed by atoms with Gasteiger partial charge in [-0.15, -0.1) is 0 Å². The van der Waals surface area contributed by atoms with Gasteiger partial charge in [0.15, 0.2) is 14.9 Å². The van der Waals surface area contributed by atoms with E-state index in [0.29, 0.717) is 12.8 Å². The lowest BCUT2D eigenvalue weighted by molar-refractivity contribution is -0.142. The lowest BCUT2D eigenvalue weighted by Crippen LogP contribution is -2.30. The first kappa shape index (κ1) is 17.7. The third-order valence-corrected chi connectivity index (χ3v) is 6.67. The van der Waals surface area contributed by atoms with Gasteiger partial charge in [0.1, 0.15) is 0 Å². The lowest BCUT2D eigenvalue weighted by atomic mass is 9.86. The van der Waals surface area contributed by atoms with Gasteiger partial charge in [-0.25, -0.2) is 13.4 Å². The molecule has 0 saturated heterocycles. The first-order valence-corrected chi connectivity index (χ1v) is 9.29. The second-order valence-electron chi connectivity index (χ2n) is 7.03. The minimum Gasteiger partial charge on any atom is -0.481 e. The highest BCUT2D eigenvalue weighted by molar-refractivity contribution is 7.92. The molecule has 1 heterocycles. The van der Waals surface area contributed by atoms with E-state index < -0.39 is 20.6 Å². The molecule has 2 rings (SSSR count). The quantitative estimate of drug-likeness (QED) is 0.875. The number of nitrogens with one attached hydrogen (secondary N) is 1. The normalized spacial score (nSPS) is 22.6. The van der Waals surface area contributed by atoms with Crippen LogP contribution in [-0.2, 0) is 14.6 Å². The summed E-state index contributed by atoms with van der Waals surface area (Å²) < 4.78 is 23.7. The summed E-state index contributed by atoms with van der Waals surface area (Å²) in [5, 5.41) is 12.4. The number of aliphatic carboxylic acids is 1.